The highest BCUT2D eigenvalue weighted by Crippen LogP contribution is 2.34. The van der Waals surface area contributed by atoms with Crippen LogP contribution in [0.25, 0.3) is 11.0 Å². The summed E-state index contributed by atoms with van der Waals surface area (Å²) < 4.78 is 1.89. The van der Waals surface area contributed by atoms with Gasteiger partial charge in [-0.05, 0) is 12.8 Å². The first kappa shape index (κ1) is 21.2. The van der Waals surface area contributed by atoms with E-state index in [1.807, 2.05) is 11.6 Å². The molecule has 0 atom stereocenters. The fraction of sp³-hybridized carbons (Fsp3) is 0.579. The zero-order valence-corrected chi connectivity index (χ0v) is 17.1. The molecule has 0 radical (unpaired) electrons. The lowest BCUT2D eigenvalue weighted by molar-refractivity contribution is -0.115. The van der Waals surface area contributed by atoms with E-state index in [-0.39, 0.29) is 24.2 Å². The van der Waals surface area contributed by atoms with Gasteiger partial charge in [0.1, 0.15) is 0 Å². The van der Waals surface area contributed by atoms with Gasteiger partial charge in [0.25, 0.3) is 5.91 Å². The molecule has 8 heteroatoms. The summed E-state index contributed by atoms with van der Waals surface area (Å²) in [6, 6.07) is 0. The van der Waals surface area contributed by atoms with Crippen LogP contribution in [0, 0.1) is 0 Å². The number of hydrogen-bond acceptors (Lipinski definition) is 4. The van der Waals surface area contributed by atoms with Crippen LogP contribution in [-0.2, 0) is 17.9 Å². The molecule has 0 bridgehead atoms. The van der Waals surface area contributed by atoms with E-state index < -0.39 is 0 Å². The van der Waals surface area contributed by atoms with Crippen molar-refractivity contribution in [3.63, 3.8) is 0 Å². The maximum absolute atomic E-state index is 12.8. The molecule has 1 N–H and O–H groups in total. The third kappa shape index (κ3) is 4.08. The van der Waals surface area contributed by atoms with Gasteiger partial charge in [-0.2, -0.15) is 5.10 Å². The van der Waals surface area contributed by atoms with Crippen molar-refractivity contribution in [1.29, 1.82) is 0 Å². The van der Waals surface area contributed by atoms with Crippen molar-refractivity contribution < 1.29 is 9.59 Å². The van der Waals surface area contributed by atoms with Gasteiger partial charge >= 0.3 is 0 Å². The Morgan fingerprint density at radius 2 is 1.96 bits per heavy atom. The zero-order chi connectivity index (χ0) is 18.7. The molecule has 0 aliphatic carbocycles. The van der Waals surface area contributed by atoms with Gasteiger partial charge in [0.2, 0.25) is 5.91 Å². The van der Waals surface area contributed by atoms with E-state index in [1.54, 1.807) is 18.0 Å². The van der Waals surface area contributed by atoms with Gasteiger partial charge in [-0.25, -0.2) is 9.67 Å². The zero-order valence-electron chi connectivity index (χ0n) is 16.2. The quantitative estimate of drug-likeness (QED) is 0.692. The van der Waals surface area contributed by atoms with Crippen LogP contribution in [0.1, 0.15) is 68.9 Å². The number of carbonyl (C=O) groups excluding carboxylic acids is 2. The van der Waals surface area contributed by atoms with E-state index in [2.05, 4.69) is 17.3 Å². The van der Waals surface area contributed by atoms with Gasteiger partial charge in [0.05, 0.1) is 35.1 Å². The second-order valence-corrected chi connectivity index (χ2v) is 6.75. The molecule has 1 aliphatic heterocycles. The van der Waals surface area contributed by atoms with Crippen molar-refractivity contribution in [2.45, 2.75) is 66.0 Å². The lowest BCUT2D eigenvalue weighted by Crippen LogP contribution is -2.25. The van der Waals surface area contributed by atoms with E-state index in [1.165, 1.54) is 0 Å². The molecular formula is C19H28ClN5O2. The van der Waals surface area contributed by atoms with Crippen LogP contribution < -0.4 is 5.32 Å². The van der Waals surface area contributed by atoms with E-state index in [0.717, 1.165) is 49.0 Å². The van der Waals surface area contributed by atoms with Gasteiger partial charge in [-0.3, -0.25) is 9.59 Å². The summed E-state index contributed by atoms with van der Waals surface area (Å²) in [6.07, 6.45) is 6.27. The van der Waals surface area contributed by atoms with Crippen molar-refractivity contribution in [2.24, 2.45) is 0 Å². The number of hydrogen-bond donors (Lipinski definition) is 1. The summed E-state index contributed by atoms with van der Waals surface area (Å²) in [6.45, 7) is 7.98. The molecule has 0 spiro atoms. The van der Waals surface area contributed by atoms with Crippen molar-refractivity contribution in [2.75, 3.05) is 11.9 Å². The number of fused-ring (bicyclic) bond motifs is 2. The first-order chi connectivity index (χ1) is 12.6. The maximum atomic E-state index is 12.8. The number of anilines is 1. The van der Waals surface area contributed by atoms with Crippen molar-refractivity contribution in [3.8, 4) is 0 Å². The Balaban J connectivity index is 0.00000261. The molecule has 0 saturated heterocycles. The third-order valence-corrected chi connectivity index (χ3v) is 4.75. The van der Waals surface area contributed by atoms with Crippen LogP contribution in [0.2, 0.25) is 0 Å². The molecule has 0 unspecified atom stereocenters. The average Bonchev–Trinajstić information content (AvgIpc) is 3.17. The van der Waals surface area contributed by atoms with Crippen molar-refractivity contribution in [1.82, 2.24) is 19.7 Å². The van der Waals surface area contributed by atoms with Crippen LogP contribution in [0.15, 0.2) is 6.20 Å². The lowest BCUT2D eigenvalue weighted by atomic mass is 10.1. The lowest BCUT2D eigenvalue weighted by Gasteiger charge is -2.13. The molecular weight excluding hydrogens is 366 g/mol. The number of aromatic nitrogens is 3. The molecule has 7 nitrogen and oxygen atoms in total. The minimum absolute atomic E-state index is 0. The molecule has 27 heavy (non-hydrogen) atoms. The predicted molar refractivity (Wildman–Crippen MR) is 108 cm³/mol. The predicted octanol–water partition coefficient (Wildman–Crippen LogP) is 3.76. The van der Waals surface area contributed by atoms with Gasteiger partial charge < -0.3 is 10.2 Å². The van der Waals surface area contributed by atoms with Gasteiger partial charge in [-0.1, -0.05) is 33.6 Å². The Labute approximate surface area is 165 Å². The highest BCUT2D eigenvalue weighted by atomic mass is 35.5. The second kappa shape index (κ2) is 9.17. The summed E-state index contributed by atoms with van der Waals surface area (Å²) in [4.78, 5) is 31.5. The van der Waals surface area contributed by atoms with Crippen molar-refractivity contribution in [3.05, 3.63) is 17.5 Å². The van der Waals surface area contributed by atoms with Gasteiger partial charge in [0, 0.05) is 19.5 Å². The molecule has 2 aromatic heterocycles. The maximum Gasteiger partial charge on any atom is 0.258 e. The number of halogens is 1. The molecule has 0 saturated carbocycles. The van der Waals surface area contributed by atoms with Crippen LogP contribution in [0.4, 0.5) is 5.69 Å². The highest BCUT2D eigenvalue weighted by molar-refractivity contribution is 6.13. The smallest absolute Gasteiger partial charge is 0.258 e. The number of nitrogens with one attached hydrogen (secondary N) is 1. The summed E-state index contributed by atoms with van der Waals surface area (Å²) >= 11 is 0. The normalized spacial score (nSPS) is 13.0. The van der Waals surface area contributed by atoms with Gasteiger partial charge in [-0.15, -0.1) is 12.4 Å². The summed E-state index contributed by atoms with van der Waals surface area (Å²) in [5, 5.41) is 8.13. The van der Waals surface area contributed by atoms with E-state index in [0.29, 0.717) is 30.8 Å². The number of unbranched alkanes of at least 4 members (excludes halogenated alkanes) is 2. The second-order valence-electron chi connectivity index (χ2n) is 6.75. The molecule has 2 amide bonds. The number of rotatable bonds is 8. The molecule has 0 fully saturated rings. The topological polar surface area (TPSA) is 80.1 Å². The Hall–Kier alpha value is -2.15. The molecule has 2 aromatic rings. The molecule has 3 heterocycles. The number of carbonyl (C=O) groups is 2. The first-order valence-electron chi connectivity index (χ1n) is 9.58. The van der Waals surface area contributed by atoms with Crippen LogP contribution in [-0.4, -0.2) is 38.0 Å². The minimum Gasteiger partial charge on any atom is -0.333 e. The average molecular weight is 394 g/mol. The molecule has 148 valence electrons. The van der Waals surface area contributed by atoms with Crippen LogP contribution >= 0.6 is 12.4 Å². The molecule has 0 aromatic carbocycles. The highest BCUT2D eigenvalue weighted by Gasteiger charge is 2.33. The fourth-order valence-electron chi connectivity index (χ4n) is 3.37. The number of amides is 2. The van der Waals surface area contributed by atoms with Crippen LogP contribution in [0.3, 0.4) is 0 Å². The summed E-state index contributed by atoms with van der Waals surface area (Å²) in [5.74, 6) is -0.165. The van der Waals surface area contributed by atoms with Crippen molar-refractivity contribution >= 4 is 40.9 Å². The molecule has 3 rings (SSSR count). The largest absolute Gasteiger partial charge is 0.333 e. The van der Waals surface area contributed by atoms with E-state index in [9.17, 15) is 9.59 Å². The first-order valence-corrected chi connectivity index (χ1v) is 9.58. The standard InChI is InChI=1S/C19H27N5O2.ClH/c1-4-7-8-10-24-18-13(11-20-24)17(22-15(25)6-3)16-14(21-18)12-23(9-5-2)19(16)26;/h11H,4-10,12H2,1-3H3,(H,21,22,25);1H. The molecule has 1 aliphatic rings. The van der Waals surface area contributed by atoms with E-state index in [4.69, 9.17) is 4.98 Å². The number of nitrogens with zero attached hydrogens (tertiary/aromatic N) is 4. The number of aryl methyl sites for hydroxylation is 1. The Morgan fingerprint density at radius 3 is 2.63 bits per heavy atom. The Bertz CT molecular complexity index is 833. The van der Waals surface area contributed by atoms with E-state index >= 15 is 0 Å². The Morgan fingerprint density at radius 1 is 1.19 bits per heavy atom. The summed E-state index contributed by atoms with van der Waals surface area (Å²) in [7, 11) is 0. The minimum atomic E-state index is -0.111. The SMILES string of the molecule is CCCCCn1ncc2c(NC(=O)CC)c3c(nc21)CN(CCC)C3=O.Cl. The fourth-order valence-corrected chi connectivity index (χ4v) is 3.37. The monoisotopic (exact) mass is 393 g/mol. The van der Waals surface area contributed by atoms with Gasteiger partial charge in [0.15, 0.2) is 5.65 Å². The number of pyridine rings is 1. The summed E-state index contributed by atoms with van der Waals surface area (Å²) in [5.41, 5.74) is 2.58. The van der Waals surface area contributed by atoms with Crippen LogP contribution in [0.5, 0.6) is 0 Å². The third-order valence-electron chi connectivity index (χ3n) is 4.75. The Kier molecular flexibility index (Phi) is 7.18.